The van der Waals surface area contributed by atoms with Crippen LogP contribution in [0.3, 0.4) is 0 Å². The van der Waals surface area contributed by atoms with Crippen LogP contribution in [0.2, 0.25) is 0 Å². The molecule has 3 atom stereocenters. The quantitative estimate of drug-likeness (QED) is 0.684. The maximum absolute atomic E-state index is 5.76. The van der Waals surface area contributed by atoms with Gasteiger partial charge in [0.05, 0.1) is 6.17 Å². The average Bonchev–Trinajstić information content (AvgIpc) is 2.08. The Balaban J connectivity index is 2.36. The summed E-state index contributed by atoms with van der Waals surface area (Å²) in [4.78, 5) is 0. The first kappa shape index (κ1) is 11.3. The Morgan fingerprint density at radius 3 is 2.77 bits per heavy atom. The number of rotatable bonds is 4. The second-order valence-electron chi connectivity index (χ2n) is 3.84. The van der Waals surface area contributed by atoms with Crippen LogP contribution >= 0.6 is 11.8 Å². The van der Waals surface area contributed by atoms with Gasteiger partial charge >= 0.3 is 0 Å². The van der Waals surface area contributed by atoms with Gasteiger partial charge in [-0.15, -0.1) is 0 Å². The van der Waals surface area contributed by atoms with Gasteiger partial charge in [-0.05, 0) is 25.5 Å². The zero-order valence-corrected chi connectivity index (χ0v) is 9.57. The highest BCUT2D eigenvalue weighted by atomic mass is 32.2. The van der Waals surface area contributed by atoms with Crippen LogP contribution in [0, 0.1) is 0 Å². The summed E-state index contributed by atoms with van der Waals surface area (Å²) in [7, 11) is 0. The largest absolute Gasteiger partial charge is 0.316 e. The minimum absolute atomic E-state index is 0.142. The van der Waals surface area contributed by atoms with Crippen molar-refractivity contribution in [2.24, 2.45) is 5.73 Å². The normalized spacial score (nSPS) is 31.6. The summed E-state index contributed by atoms with van der Waals surface area (Å²) in [5.41, 5.74) is 5.76. The third-order valence-electron chi connectivity index (χ3n) is 2.56. The maximum Gasteiger partial charge on any atom is 0.0519 e. The summed E-state index contributed by atoms with van der Waals surface area (Å²) >= 11 is 2.08. The van der Waals surface area contributed by atoms with Gasteiger partial charge in [-0.25, -0.2) is 0 Å². The van der Waals surface area contributed by atoms with Gasteiger partial charge in [0.15, 0.2) is 0 Å². The molecule has 1 saturated carbocycles. The lowest BCUT2D eigenvalue weighted by atomic mass is 9.95. The summed E-state index contributed by atoms with van der Waals surface area (Å²) in [6, 6.07) is 0.652. The molecule has 0 saturated heterocycles. The fourth-order valence-corrected chi connectivity index (χ4v) is 3.25. The first-order valence-corrected chi connectivity index (χ1v) is 6.42. The molecule has 0 radical (unpaired) electrons. The van der Waals surface area contributed by atoms with Crippen LogP contribution in [0.25, 0.3) is 0 Å². The number of nitrogens with two attached hydrogens (primary N) is 1. The molecule has 2 nitrogen and oxygen atoms in total. The lowest BCUT2D eigenvalue weighted by Crippen LogP contribution is -2.48. The van der Waals surface area contributed by atoms with E-state index in [-0.39, 0.29) is 6.17 Å². The summed E-state index contributed by atoms with van der Waals surface area (Å²) in [6.07, 6.45) is 5.57. The van der Waals surface area contributed by atoms with Crippen LogP contribution in [0.15, 0.2) is 0 Å². The summed E-state index contributed by atoms with van der Waals surface area (Å²) in [5, 5.41) is 4.27. The predicted octanol–water partition coefficient (Wildman–Crippen LogP) is 1.95. The second-order valence-corrected chi connectivity index (χ2v) is 5.36. The molecule has 1 rings (SSSR count). The summed E-state index contributed by atoms with van der Waals surface area (Å²) in [6.45, 7) is 4.27. The number of thioether (sulfide) groups is 1. The van der Waals surface area contributed by atoms with E-state index in [9.17, 15) is 0 Å². The van der Waals surface area contributed by atoms with E-state index in [0.717, 1.165) is 5.25 Å². The fourth-order valence-electron chi connectivity index (χ4n) is 2.04. The SMILES string of the molecule is CCSC1CCCCC1NC(C)N. The van der Waals surface area contributed by atoms with Gasteiger partial charge < -0.3 is 5.73 Å². The summed E-state index contributed by atoms with van der Waals surface area (Å²) in [5.74, 6) is 1.22. The minimum Gasteiger partial charge on any atom is -0.316 e. The number of nitrogens with one attached hydrogen (secondary N) is 1. The highest BCUT2D eigenvalue weighted by Crippen LogP contribution is 2.28. The van der Waals surface area contributed by atoms with Crippen molar-refractivity contribution in [2.75, 3.05) is 5.75 Å². The predicted molar refractivity (Wildman–Crippen MR) is 61.0 cm³/mol. The molecule has 0 heterocycles. The van der Waals surface area contributed by atoms with E-state index in [1.807, 2.05) is 6.92 Å². The van der Waals surface area contributed by atoms with Crippen LogP contribution in [0.4, 0.5) is 0 Å². The monoisotopic (exact) mass is 202 g/mol. The Kier molecular flexibility index (Phi) is 5.14. The zero-order valence-electron chi connectivity index (χ0n) is 8.75. The highest BCUT2D eigenvalue weighted by Gasteiger charge is 2.24. The van der Waals surface area contributed by atoms with E-state index >= 15 is 0 Å². The molecule has 0 bridgehead atoms. The fraction of sp³-hybridized carbons (Fsp3) is 1.00. The molecule has 1 aliphatic carbocycles. The van der Waals surface area contributed by atoms with Crippen LogP contribution < -0.4 is 11.1 Å². The van der Waals surface area contributed by atoms with Crippen molar-refractivity contribution in [3.8, 4) is 0 Å². The first-order valence-electron chi connectivity index (χ1n) is 5.37. The van der Waals surface area contributed by atoms with E-state index in [2.05, 4.69) is 24.0 Å². The Morgan fingerprint density at radius 1 is 1.46 bits per heavy atom. The van der Waals surface area contributed by atoms with Gasteiger partial charge in [-0.3, -0.25) is 5.32 Å². The molecule has 0 aliphatic heterocycles. The van der Waals surface area contributed by atoms with Gasteiger partial charge in [0.2, 0.25) is 0 Å². The van der Waals surface area contributed by atoms with E-state index in [1.54, 1.807) is 0 Å². The van der Waals surface area contributed by atoms with Gasteiger partial charge in [-0.2, -0.15) is 11.8 Å². The second kappa shape index (κ2) is 5.89. The first-order chi connectivity index (χ1) is 6.24. The van der Waals surface area contributed by atoms with Crippen LogP contribution in [0.5, 0.6) is 0 Å². The third kappa shape index (κ3) is 3.88. The van der Waals surface area contributed by atoms with Crippen molar-refractivity contribution in [1.29, 1.82) is 0 Å². The Morgan fingerprint density at radius 2 is 2.15 bits per heavy atom. The molecule has 1 aliphatic rings. The molecule has 13 heavy (non-hydrogen) atoms. The summed E-state index contributed by atoms with van der Waals surface area (Å²) < 4.78 is 0. The standard InChI is InChI=1S/C10H22N2S/c1-3-13-10-7-5-4-6-9(10)12-8(2)11/h8-10,12H,3-7,11H2,1-2H3. The minimum atomic E-state index is 0.142. The van der Waals surface area contributed by atoms with E-state index in [0.29, 0.717) is 6.04 Å². The van der Waals surface area contributed by atoms with E-state index < -0.39 is 0 Å². The Labute approximate surface area is 86.0 Å². The lowest BCUT2D eigenvalue weighted by molar-refractivity contribution is 0.356. The highest BCUT2D eigenvalue weighted by molar-refractivity contribution is 7.99. The van der Waals surface area contributed by atoms with Gasteiger partial charge in [0.1, 0.15) is 0 Å². The van der Waals surface area contributed by atoms with Gasteiger partial charge in [0.25, 0.3) is 0 Å². The van der Waals surface area contributed by atoms with Crippen molar-refractivity contribution < 1.29 is 0 Å². The van der Waals surface area contributed by atoms with Crippen molar-refractivity contribution in [1.82, 2.24) is 5.32 Å². The number of hydrogen-bond acceptors (Lipinski definition) is 3. The molecule has 0 aromatic rings. The molecule has 78 valence electrons. The van der Waals surface area contributed by atoms with E-state index in [1.165, 1.54) is 31.4 Å². The molecule has 1 fully saturated rings. The lowest BCUT2D eigenvalue weighted by Gasteiger charge is -2.33. The number of hydrogen-bond donors (Lipinski definition) is 2. The average molecular weight is 202 g/mol. The van der Waals surface area contributed by atoms with Crippen molar-refractivity contribution >= 4 is 11.8 Å². The molecular weight excluding hydrogens is 180 g/mol. The maximum atomic E-state index is 5.76. The smallest absolute Gasteiger partial charge is 0.0519 e. The van der Waals surface area contributed by atoms with Gasteiger partial charge in [0, 0.05) is 11.3 Å². The topological polar surface area (TPSA) is 38.0 Å². The molecule has 3 heteroatoms. The van der Waals surface area contributed by atoms with E-state index in [4.69, 9.17) is 5.73 Å². The molecular formula is C10H22N2S. The molecule has 3 unspecified atom stereocenters. The molecule has 0 aromatic heterocycles. The van der Waals surface area contributed by atoms with Crippen molar-refractivity contribution in [2.45, 2.75) is 57.0 Å². The molecule has 0 aromatic carbocycles. The Hall–Kier alpha value is 0.270. The van der Waals surface area contributed by atoms with Crippen LogP contribution in [-0.2, 0) is 0 Å². The molecule has 0 amide bonds. The molecule has 0 spiro atoms. The third-order valence-corrected chi connectivity index (χ3v) is 3.89. The van der Waals surface area contributed by atoms with Crippen LogP contribution in [-0.4, -0.2) is 23.2 Å². The Bertz CT molecular complexity index is 137. The van der Waals surface area contributed by atoms with Crippen LogP contribution in [0.1, 0.15) is 39.5 Å². The van der Waals surface area contributed by atoms with Gasteiger partial charge in [-0.1, -0.05) is 19.8 Å². The van der Waals surface area contributed by atoms with Crippen molar-refractivity contribution in [3.05, 3.63) is 0 Å². The van der Waals surface area contributed by atoms with Crippen molar-refractivity contribution in [3.63, 3.8) is 0 Å². The zero-order chi connectivity index (χ0) is 9.68. The molecule has 3 N–H and O–H groups in total.